The van der Waals surface area contributed by atoms with Crippen molar-refractivity contribution < 1.29 is 0 Å². The summed E-state index contributed by atoms with van der Waals surface area (Å²) in [6.07, 6.45) is 0. The first-order valence-corrected chi connectivity index (χ1v) is 6.35. The van der Waals surface area contributed by atoms with Crippen molar-refractivity contribution >= 4 is 33.0 Å². The highest BCUT2D eigenvalue weighted by molar-refractivity contribution is 8.21. The van der Waals surface area contributed by atoms with Crippen LogP contribution in [0.3, 0.4) is 0 Å². The monoisotopic (exact) mass is 226 g/mol. The van der Waals surface area contributed by atoms with Gasteiger partial charge < -0.3 is 0 Å². The summed E-state index contributed by atoms with van der Waals surface area (Å²) in [7, 11) is 6.87. The van der Waals surface area contributed by atoms with Gasteiger partial charge in [-0.1, -0.05) is 18.2 Å². The van der Waals surface area contributed by atoms with Crippen LogP contribution in [0, 0.1) is 0 Å². The molecular weight excluding hydrogens is 220 g/mol. The van der Waals surface area contributed by atoms with Crippen LogP contribution >= 0.6 is 33.0 Å². The lowest BCUT2D eigenvalue weighted by molar-refractivity contribution is 1.48. The van der Waals surface area contributed by atoms with Crippen LogP contribution in [-0.2, 0) is 0 Å². The molecule has 0 nitrogen and oxygen atoms in total. The van der Waals surface area contributed by atoms with Crippen molar-refractivity contribution in [1.29, 1.82) is 0 Å². The van der Waals surface area contributed by atoms with E-state index in [0.29, 0.717) is 0 Å². The molecule has 0 fully saturated rings. The van der Waals surface area contributed by atoms with Crippen LogP contribution in [0.2, 0.25) is 0 Å². The third kappa shape index (κ3) is 2.08. The highest BCUT2D eigenvalue weighted by Gasteiger charge is 1.97. The van der Waals surface area contributed by atoms with Gasteiger partial charge in [0.25, 0.3) is 0 Å². The van der Waals surface area contributed by atoms with Gasteiger partial charge >= 0.3 is 0 Å². The maximum absolute atomic E-state index is 5.62. The van der Waals surface area contributed by atoms with Gasteiger partial charge in [-0.25, -0.2) is 0 Å². The van der Waals surface area contributed by atoms with Gasteiger partial charge in [-0.3, -0.25) is 0 Å². The van der Waals surface area contributed by atoms with Crippen molar-refractivity contribution in [3.63, 3.8) is 0 Å². The number of thiophene rings is 1. The highest BCUT2D eigenvalue weighted by atomic mass is 35.7. The largest absolute Gasteiger partial charge is 0.144 e. The Balaban J connectivity index is 2.33. The zero-order valence-electron chi connectivity index (χ0n) is 6.74. The normalized spacial score (nSPS) is 10.2. The zero-order valence-corrected chi connectivity index (χ0v) is 9.12. The second-order valence-corrected chi connectivity index (χ2v) is 4.62. The Morgan fingerprint density at radius 3 is 2.38 bits per heavy atom. The van der Waals surface area contributed by atoms with Gasteiger partial charge in [-0.2, -0.15) is 0 Å². The van der Waals surface area contributed by atoms with Crippen LogP contribution in [0.5, 0.6) is 0 Å². The van der Waals surface area contributed by atoms with Crippen molar-refractivity contribution in [3.8, 4) is 10.4 Å². The molecule has 0 spiro atoms. The first kappa shape index (κ1) is 9.13. The molecule has 66 valence electrons. The number of hydrogen-bond donors (Lipinski definition) is 0. The fourth-order valence-electron chi connectivity index (χ4n) is 1.11. The Hall–Kier alpha value is -0.440. The summed E-state index contributed by atoms with van der Waals surface area (Å²) in [5.41, 5.74) is 1.25. The summed E-state index contributed by atoms with van der Waals surface area (Å²) in [4.78, 5) is 2.38. The molecule has 0 saturated carbocycles. The van der Waals surface area contributed by atoms with Crippen molar-refractivity contribution in [2.24, 2.45) is 0 Å². The number of hydrogen-bond acceptors (Lipinski definition) is 2. The minimum absolute atomic E-state index is 1.09. The van der Waals surface area contributed by atoms with Crippen LogP contribution in [0.4, 0.5) is 0 Å². The number of halogens is 1. The number of rotatable bonds is 2. The van der Waals surface area contributed by atoms with Crippen molar-refractivity contribution in [3.05, 3.63) is 41.8 Å². The third-order valence-corrected chi connectivity index (χ3v) is 3.65. The van der Waals surface area contributed by atoms with Gasteiger partial charge in [0, 0.05) is 9.77 Å². The minimum Gasteiger partial charge on any atom is -0.144 e. The van der Waals surface area contributed by atoms with Gasteiger partial charge in [-0.15, -0.1) is 11.3 Å². The van der Waals surface area contributed by atoms with Gasteiger partial charge in [0.15, 0.2) is 0 Å². The topological polar surface area (TPSA) is 0 Å². The predicted molar refractivity (Wildman–Crippen MR) is 61.5 cm³/mol. The summed E-state index contributed by atoms with van der Waals surface area (Å²) in [5, 5.41) is 2.08. The Kier molecular flexibility index (Phi) is 2.94. The second kappa shape index (κ2) is 4.18. The van der Waals surface area contributed by atoms with Gasteiger partial charge in [0.05, 0.1) is 0 Å². The van der Waals surface area contributed by atoms with Crippen LogP contribution in [0.1, 0.15) is 0 Å². The Bertz CT molecular complexity index is 364. The molecule has 0 unspecified atom stereocenters. The van der Waals surface area contributed by atoms with E-state index in [0.717, 1.165) is 4.90 Å². The van der Waals surface area contributed by atoms with Crippen molar-refractivity contribution in [1.82, 2.24) is 0 Å². The lowest BCUT2D eigenvalue weighted by atomic mass is 10.2. The van der Waals surface area contributed by atoms with Crippen LogP contribution in [0.15, 0.2) is 46.7 Å². The average Bonchev–Trinajstić information content (AvgIpc) is 2.71. The molecule has 0 N–H and O–H groups in total. The molecular formula is C10H7ClS2. The molecule has 0 atom stereocenters. The smallest absolute Gasteiger partial charge is 0.0342 e. The molecule has 0 aliphatic heterocycles. The maximum atomic E-state index is 5.62. The molecule has 1 aromatic heterocycles. The van der Waals surface area contributed by atoms with Crippen LogP contribution < -0.4 is 0 Å². The molecule has 0 radical (unpaired) electrons. The molecule has 0 aliphatic carbocycles. The second-order valence-electron chi connectivity index (χ2n) is 2.58. The van der Waals surface area contributed by atoms with Gasteiger partial charge in [0.2, 0.25) is 0 Å². The van der Waals surface area contributed by atoms with E-state index >= 15 is 0 Å². The van der Waals surface area contributed by atoms with E-state index in [1.807, 2.05) is 12.1 Å². The Labute approximate surface area is 90.1 Å². The van der Waals surface area contributed by atoms with Crippen molar-refractivity contribution in [2.45, 2.75) is 4.90 Å². The summed E-state index contributed by atoms with van der Waals surface area (Å²) in [5.74, 6) is 0. The number of benzene rings is 1. The predicted octanol–water partition coefficient (Wildman–Crippen LogP) is 4.66. The van der Waals surface area contributed by atoms with Crippen LogP contribution in [-0.4, -0.2) is 0 Å². The van der Waals surface area contributed by atoms with E-state index in [-0.39, 0.29) is 0 Å². The minimum atomic E-state index is 1.09. The average molecular weight is 227 g/mol. The van der Waals surface area contributed by atoms with E-state index in [2.05, 4.69) is 29.6 Å². The summed E-state index contributed by atoms with van der Waals surface area (Å²) in [6, 6.07) is 12.4. The van der Waals surface area contributed by atoms with E-state index in [4.69, 9.17) is 10.7 Å². The Morgan fingerprint density at radius 1 is 1.08 bits per heavy atom. The van der Waals surface area contributed by atoms with E-state index in [1.54, 1.807) is 11.3 Å². The zero-order chi connectivity index (χ0) is 9.10. The van der Waals surface area contributed by atoms with E-state index < -0.39 is 0 Å². The first-order chi connectivity index (χ1) is 6.40. The third-order valence-electron chi connectivity index (χ3n) is 1.75. The standard InChI is InChI=1S/C10H7ClS2/c11-13-9-5-3-8(4-6-9)10-2-1-7-12-10/h1-7H. The quantitative estimate of drug-likeness (QED) is 0.718. The molecule has 0 bridgehead atoms. The van der Waals surface area contributed by atoms with E-state index in [9.17, 15) is 0 Å². The molecule has 3 heteroatoms. The molecule has 1 aromatic carbocycles. The molecule has 2 aromatic rings. The van der Waals surface area contributed by atoms with Gasteiger partial charge in [-0.05, 0) is 50.8 Å². The fourth-order valence-corrected chi connectivity index (χ4v) is 2.39. The lowest BCUT2D eigenvalue weighted by Gasteiger charge is -1.97. The summed E-state index contributed by atoms with van der Waals surface area (Å²) in [6.45, 7) is 0. The van der Waals surface area contributed by atoms with Gasteiger partial charge in [0.1, 0.15) is 0 Å². The molecule has 0 amide bonds. The van der Waals surface area contributed by atoms with E-state index in [1.165, 1.54) is 21.4 Å². The maximum Gasteiger partial charge on any atom is 0.0342 e. The van der Waals surface area contributed by atoms with Crippen LogP contribution in [0.25, 0.3) is 10.4 Å². The van der Waals surface area contributed by atoms with Crippen molar-refractivity contribution in [2.75, 3.05) is 0 Å². The summed E-state index contributed by atoms with van der Waals surface area (Å²) >= 11 is 1.75. The lowest BCUT2D eigenvalue weighted by Crippen LogP contribution is -1.71. The molecule has 2 rings (SSSR count). The SMILES string of the molecule is ClSc1ccc(-c2cccs2)cc1. The molecule has 0 saturated heterocycles. The molecule has 1 heterocycles. The highest BCUT2D eigenvalue weighted by Crippen LogP contribution is 2.28. The Morgan fingerprint density at radius 2 is 1.85 bits per heavy atom. The summed E-state index contributed by atoms with van der Waals surface area (Å²) < 4.78 is 0. The molecule has 13 heavy (non-hydrogen) atoms. The molecule has 0 aliphatic rings. The fraction of sp³-hybridized carbons (Fsp3) is 0. The first-order valence-electron chi connectivity index (χ1n) is 3.82.